The highest BCUT2D eigenvalue weighted by Gasteiger charge is 2.38. The molecule has 0 spiro atoms. The number of carbonyl (C=O) groups is 1. The van der Waals surface area contributed by atoms with Crippen LogP contribution in [-0.4, -0.2) is 24.0 Å². The minimum atomic E-state index is -4.49. The van der Waals surface area contributed by atoms with E-state index < -0.39 is 18.0 Å². The normalized spacial score (nSPS) is 17.4. The summed E-state index contributed by atoms with van der Waals surface area (Å²) in [6.07, 6.45) is -5.28. The highest BCUT2D eigenvalue weighted by Crippen LogP contribution is 2.38. The molecule has 1 amide bonds. The second-order valence-corrected chi connectivity index (χ2v) is 6.31. The zero-order chi connectivity index (χ0) is 19.6. The summed E-state index contributed by atoms with van der Waals surface area (Å²) in [5.41, 5.74) is 0.605. The minimum absolute atomic E-state index is 0.0419. The number of halogens is 3. The van der Waals surface area contributed by atoms with Crippen LogP contribution < -0.4 is 4.74 Å². The van der Waals surface area contributed by atoms with E-state index in [1.54, 1.807) is 31.2 Å². The molecule has 1 atom stereocenters. The Morgan fingerprint density at radius 3 is 2.67 bits per heavy atom. The van der Waals surface area contributed by atoms with Gasteiger partial charge in [-0.1, -0.05) is 35.9 Å². The van der Waals surface area contributed by atoms with E-state index in [0.717, 1.165) is 6.07 Å². The van der Waals surface area contributed by atoms with Crippen LogP contribution >= 0.6 is 0 Å². The molecule has 1 saturated heterocycles. The predicted molar refractivity (Wildman–Crippen MR) is 93.0 cm³/mol. The van der Waals surface area contributed by atoms with Gasteiger partial charge in [-0.15, -0.1) is 0 Å². The lowest BCUT2D eigenvalue weighted by Crippen LogP contribution is -2.29. The first kappa shape index (κ1) is 19.2. The smallest absolute Gasteiger partial charge is 0.416 e. The molecule has 3 rings (SSSR count). The van der Waals surface area contributed by atoms with Crippen LogP contribution in [0.25, 0.3) is 0 Å². The molecule has 27 heavy (non-hydrogen) atoms. The molecule has 144 valence electrons. The summed E-state index contributed by atoms with van der Waals surface area (Å²) in [5, 5.41) is 0. The van der Waals surface area contributed by atoms with Gasteiger partial charge in [-0.05, 0) is 31.5 Å². The summed E-state index contributed by atoms with van der Waals surface area (Å²) in [7, 11) is 0. The molecule has 0 radical (unpaired) electrons. The molecule has 1 aliphatic rings. The summed E-state index contributed by atoms with van der Waals surface area (Å²) in [6.45, 7) is 3.60. The van der Waals surface area contributed by atoms with Crippen LogP contribution in [0.2, 0.25) is 0 Å². The van der Waals surface area contributed by atoms with Gasteiger partial charge in [0.05, 0.1) is 12.2 Å². The highest BCUT2D eigenvalue weighted by molar-refractivity contribution is 5.79. The van der Waals surface area contributed by atoms with Crippen molar-refractivity contribution in [2.75, 3.05) is 13.2 Å². The maximum Gasteiger partial charge on any atom is 0.416 e. The Morgan fingerprint density at radius 1 is 1.22 bits per heavy atom. The molecule has 1 fully saturated rings. The van der Waals surface area contributed by atoms with Crippen LogP contribution in [0, 0.1) is 6.92 Å². The third kappa shape index (κ3) is 4.08. The molecule has 0 aliphatic carbocycles. The lowest BCUT2D eigenvalue weighted by Gasteiger charge is -2.26. The second kappa shape index (κ2) is 7.60. The summed E-state index contributed by atoms with van der Waals surface area (Å²) >= 11 is 0. The molecule has 0 N–H and O–H groups in total. The van der Waals surface area contributed by atoms with Gasteiger partial charge in [-0.25, -0.2) is 0 Å². The van der Waals surface area contributed by atoms with E-state index >= 15 is 0 Å². The average molecular weight is 379 g/mol. The van der Waals surface area contributed by atoms with Crippen molar-refractivity contribution in [2.24, 2.45) is 0 Å². The van der Waals surface area contributed by atoms with Gasteiger partial charge in [0, 0.05) is 12.1 Å². The van der Waals surface area contributed by atoms with Gasteiger partial charge in [0.1, 0.15) is 12.4 Å². The molecule has 0 saturated carbocycles. The van der Waals surface area contributed by atoms with Crippen molar-refractivity contribution in [3.8, 4) is 5.75 Å². The number of hydrogen-bond donors (Lipinski definition) is 0. The van der Waals surface area contributed by atoms with E-state index in [1.807, 2.05) is 6.92 Å². The third-order valence-corrected chi connectivity index (χ3v) is 4.36. The van der Waals surface area contributed by atoms with Crippen LogP contribution in [0.5, 0.6) is 5.75 Å². The van der Waals surface area contributed by atoms with Crippen LogP contribution in [0.3, 0.4) is 0 Å². The number of aryl methyl sites for hydroxylation is 1. The molecule has 2 aromatic rings. The van der Waals surface area contributed by atoms with Crippen molar-refractivity contribution >= 4 is 5.91 Å². The number of rotatable bonds is 5. The van der Waals surface area contributed by atoms with Crippen LogP contribution in [-0.2, 0) is 22.3 Å². The van der Waals surface area contributed by atoms with E-state index in [2.05, 4.69) is 0 Å². The second-order valence-electron chi connectivity index (χ2n) is 6.31. The Kier molecular flexibility index (Phi) is 5.41. The van der Waals surface area contributed by atoms with Crippen molar-refractivity contribution < 1.29 is 27.4 Å². The zero-order valence-electron chi connectivity index (χ0n) is 15.0. The van der Waals surface area contributed by atoms with Crippen molar-refractivity contribution in [1.82, 2.24) is 4.90 Å². The molecule has 4 nitrogen and oxygen atoms in total. The summed E-state index contributed by atoms with van der Waals surface area (Å²) < 4.78 is 51.3. The monoisotopic (exact) mass is 379 g/mol. The number of para-hydroxylation sites is 1. The van der Waals surface area contributed by atoms with Crippen LogP contribution in [0.4, 0.5) is 13.2 Å². The number of hydrogen-bond acceptors (Lipinski definition) is 3. The quantitative estimate of drug-likeness (QED) is 0.769. The van der Waals surface area contributed by atoms with Gasteiger partial charge in [0.15, 0.2) is 6.23 Å². The van der Waals surface area contributed by atoms with Crippen molar-refractivity contribution in [3.63, 3.8) is 0 Å². The Labute approximate surface area is 155 Å². The Hall–Kier alpha value is -2.54. The Bertz CT molecular complexity index is 835. The maximum atomic E-state index is 13.4. The first-order valence-corrected chi connectivity index (χ1v) is 8.60. The largest absolute Gasteiger partial charge is 0.493 e. The Balaban J connectivity index is 1.97. The molecule has 1 heterocycles. The molecular weight excluding hydrogens is 359 g/mol. The lowest BCUT2D eigenvalue weighted by molar-refractivity contribution is -0.139. The standard InChI is InChI=1S/C20H20F3NO3/c1-3-26-17-7-5-4-6-15(17)19-24(18(25)12-27-19)11-14-10-13(2)8-9-16(14)20(21,22)23/h4-10,19H,3,11-12H2,1-2H3. The van der Waals surface area contributed by atoms with E-state index in [9.17, 15) is 18.0 Å². The van der Waals surface area contributed by atoms with E-state index in [-0.39, 0.29) is 24.6 Å². The zero-order valence-corrected chi connectivity index (χ0v) is 15.0. The van der Waals surface area contributed by atoms with Crippen LogP contribution in [0.15, 0.2) is 42.5 Å². The molecule has 0 bridgehead atoms. The molecule has 7 heteroatoms. The van der Waals surface area contributed by atoms with Gasteiger partial charge in [0.25, 0.3) is 5.91 Å². The van der Waals surface area contributed by atoms with Gasteiger partial charge in [-0.2, -0.15) is 13.2 Å². The summed E-state index contributed by atoms with van der Waals surface area (Å²) in [6, 6.07) is 11.0. The van der Waals surface area contributed by atoms with E-state index in [1.165, 1.54) is 17.0 Å². The molecule has 1 aliphatic heterocycles. The first-order valence-electron chi connectivity index (χ1n) is 8.60. The first-order chi connectivity index (χ1) is 12.8. The molecular formula is C20H20F3NO3. The minimum Gasteiger partial charge on any atom is -0.493 e. The maximum absolute atomic E-state index is 13.4. The van der Waals surface area contributed by atoms with Crippen molar-refractivity contribution in [1.29, 1.82) is 0 Å². The van der Waals surface area contributed by atoms with Gasteiger partial charge < -0.3 is 14.4 Å². The van der Waals surface area contributed by atoms with E-state index in [4.69, 9.17) is 9.47 Å². The number of amides is 1. The van der Waals surface area contributed by atoms with Crippen LogP contribution in [0.1, 0.15) is 35.4 Å². The average Bonchev–Trinajstić information content (AvgIpc) is 2.95. The van der Waals surface area contributed by atoms with Crippen molar-refractivity contribution in [3.05, 3.63) is 64.7 Å². The lowest BCUT2D eigenvalue weighted by atomic mass is 10.0. The number of nitrogens with zero attached hydrogens (tertiary/aromatic N) is 1. The molecule has 2 aromatic carbocycles. The fourth-order valence-electron chi connectivity index (χ4n) is 3.17. The van der Waals surface area contributed by atoms with E-state index in [0.29, 0.717) is 23.5 Å². The fourth-order valence-corrected chi connectivity index (χ4v) is 3.17. The molecule has 1 unspecified atom stereocenters. The van der Waals surface area contributed by atoms with Gasteiger partial charge >= 0.3 is 6.18 Å². The SMILES string of the molecule is CCOc1ccccc1C1OCC(=O)N1Cc1cc(C)ccc1C(F)(F)F. The predicted octanol–water partition coefficient (Wildman–Crippen LogP) is 4.47. The van der Waals surface area contributed by atoms with Crippen molar-refractivity contribution in [2.45, 2.75) is 32.8 Å². The number of benzene rings is 2. The summed E-state index contributed by atoms with van der Waals surface area (Å²) in [4.78, 5) is 13.7. The number of ether oxygens (including phenoxy) is 2. The highest BCUT2D eigenvalue weighted by atomic mass is 19.4. The Morgan fingerprint density at radius 2 is 1.96 bits per heavy atom. The van der Waals surface area contributed by atoms with Gasteiger partial charge in [0.2, 0.25) is 0 Å². The van der Waals surface area contributed by atoms with Gasteiger partial charge in [-0.3, -0.25) is 4.79 Å². The number of alkyl halides is 3. The topological polar surface area (TPSA) is 38.8 Å². The summed E-state index contributed by atoms with van der Waals surface area (Å²) in [5.74, 6) is 0.186. The number of carbonyl (C=O) groups excluding carboxylic acids is 1. The fraction of sp³-hybridized carbons (Fsp3) is 0.350. The third-order valence-electron chi connectivity index (χ3n) is 4.36. The molecule has 0 aromatic heterocycles.